The van der Waals surface area contributed by atoms with Crippen molar-refractivity contribution >= 4 is 51.7 Å². The highest BCUT2D eigenvalue weighted by molar-refractivity contribution is 8.26. The number of pyridine rings is 1. The van der Waals surface area contributed by atoms with Crippen LogP contribution in [0.4, 0.5) is 5.82 Å². The van der Waals surface area contributed by atoms with E-state index in [1.807, 2.05) is 12.1 Å². The van der Waals surface area contributed by atoms with Gasteiger partial charge in [0.05, 0.1) is 23.7 Å². The number of thioether (sulfide) groups is 1. The maximum atomic E-state index is 13.7. The van der Waals surface area contributed by atoms with Gasteiger partial charge in [-0.2, -0.15) is 0 Å². The van der Waals surface area contributed by atoms with E-state index in [9.17, 15) is 9.59 Å². The summed E-state index contributed by atoms with van der Waals surface area (Å²) >= 11 is 6.88. The highest BCUT2D eigenvalue weighted by Gasteiger charge is 2.41. The summed E-state index contributed by atoms with van der Waals surface area (Å²) in [5, 5.41) is 0. The second-order valence-corrected chi connectivity index (χ2v) is 11.6. The first-order valence-electron chi connectivity index (χ1n) is 13.2. The van der Waals surface area contributed by atoms with Crippen molar-refractivity contribution in [2.24, 2.45) is 5.92 Å². The minimum absolute atomic E-state index is 0.126. The van der Waals surface area contributed by atoms with Crippen molar-refractivity contribution in [3.8, 4) is 0 Å². The second-order valence-electron chi connectivity index (χ2n) is 9.89. The monoisotopic (exact) mass is 542 g/mol. The van der Waals surface area contributed by atoms with Crippen molar-refractivity contribution < 1.29 is 14.3 Å². The number of rotatable bonds is 8. The van der Waals surface area contributed by atoms with E-state index < -0.39 is 5.79 Å². The highest BCUT2D eigenvalue weighted by atomic mass is 32.2. The standard InChI is InChI=1S/C27H34N4O4S2/c1-3-5-8-19(4-2)18-31-25(33)21(37-26(31)36)17-20-23(28-22-9-6-7-12-30(22)24(20)32)29-13-10-27(11-14-29)34-15-16-35-27/h6-7,9,12,17,19H,3-5,8,10-11,13-16,18H2,1-2H3/b21-17+. The molecule has 2 aromatic heterocycles. The molecule has 3 aliphatic rings. The van der Waals surface area contributed by atoms with Crippen molar-refractivity contribution in [1.29, 1.82) is 0 Å². The molecule has 0 aliphatic carbocycles. The largest absolute Gasteiger partial charge is 0.355 e. The molecule has 5 heterocycles. The Labute approximate surface area is 227 Å². The van der Waals surface area contributed by atoms with Gasteiger partial charge < -0.3 is 14.4 Å². The number of nitrogens with zero attached hydrogens (tertiary/aromatic N) is 4. The average molecular weight is 543 g/mol. The van der Waals surface area contributed by atoms with Gasteiger partial charge in [-0.15, -0.1) is 0 Å². The third-order valence-electron chi connectivity index (χ3n) is 7.52. The van der Waals surface area contributed by atoms with Crippen molar-refractivity contribution in [3.63, 3.8) is 0 Å². The third kappa shape index (κ3) is 5.34. The smallest absolute Gasteiger partial charge is 0.267 e. The number of hydrogen-bond donors (Lipinski definition) is 0. The van der Waals surface area contributed by atoms with Crippen molar-refractivity contribution in [2.45, 2.75) is 58.2 Å². The quantitative estimate of drug-likeness (QED) is 0.358. The topological polar surface area (TPSA) is 76.4 Å². The van der Waals surface area contributed by atoms with Crippen LogP contribution >= 0.6 is 24.0 Å². The number of hydrogen-bond acceptors (Lipinski definition) is 8. The summed E-state index contributed by atoms with van der Waals surface area (Å²) in [7, 11) is 0. The zero-order valence-electron chi connectivity index (χ0n) is 21.5. The van der Waals surface area contributed by atoms with Crippen molar-refractivity contribution in [3.05, 3.63) is 45.2 Å². The molecule has 37 heavy (non-hydrogen) atoms. The van der Waals surface area contributed by atoms with E-state index >= 15 is 0 Å². The van der Waals surface area contributed by atoms with Gasteiger partial charge in [0.25, 0.3) is 11.5 Å². The van der Waals surface area contributed by atoms with Gasteiger partial charge in [0.1, 0.15) is 15.8 Å². The number of carbonyl (C=O) groups is 1. The zero-order chi connectivity index (χ0) is 26.0. The lowest BCUT2D eigenvalue weighted by atomic mass is 9.99. The SMILES string of the molecule is CCCCC(CC)CN1C(=O)/C(=C\c2c(N3CCC4(CC3)OCCO4)nc3ccccn3c2=O)SC1=S. The fraction of sp³-hybridized carbons (Fsp3) is 0.556. The molecule has 3 aliphatic heterocycles. The molecule has 10 heteroatoms. The van der Waals surface area contributed by atoms with E-state index in [2.05, 4.69) is 18.7 Å². The van der Waals surface area contributed by atoms with E-state index in [4.69, 9.17) is 26.7 Å². The summed E-state index contributed by atoms with van der Waals surface area (Å²) in [6.45, 7) is 7.47. The number of carbonyl (C=O) groups excluding carboxylic acids is 1. The van der Waals surface area contributed by atoms with Crippen molar-refractivity contribution in [1.82, 2.24) is 14.3 Å². The molecule has 0 bridgehead atoms. The molecule has 198 valence electrons. The van der Waals surface area contributed by atoms with Crippen LogP contribution < -0.4 is 10.5 Å². The Morgan fingerprint density at radius 3 is 2.65 bits per heavy atom. The highest BCUT2D eigenvalue weighted by Crippen LogP contribution is 2.37. The molecule has 1 unspecified atom stereocenters. The van der Waals surface area contributed by atoms with E-state index in [0.29, 0.717) is 77.9 Å². The summed E-state index contributed by atoms with van der Waals surface area (Å²) in [5.41, 5.74) is 0.780. The number of anilines is 1. The van der Waals surface area contributed by atoms with Crippen LogP contribution in [0, 0.1) is 5.92 Å². The predicted octanol–water partition coefficient (Wildman–Crippen LogP) is 4.46. The van der Waals surface area contributed by atoms with E-state index in [1.165, 1.54) is 16.2 Å². The van der Waals surface area contributed by atoms with Crippen LogP contribution in [0.1, 0.15) is 57.9 Å². The van der Waals surface area contributed by atoms with Gasteiger partial charge in [-0.1, -0.05) is 63.2 Å². The maximum absolute atomic E-state index is 13.7. The summed E-state index contributed by atoms with van der Waals surface area (Å²) in [4.78, 5) is 36.3. The molecule has 3 saturated heterocycles. The van der Waals surface area contributed by atoms with Gasteiger partial charge in [-0.3, -0.25) is 18.9 Å². The number of ether oxygens (including phenoxy) is 2. The molecule has 8 nitrogen and oxygen atoms in total. The minimum atomic E-state index is -0.529. The van der Waals surface area contributed by atoms with Crippen LogP contribution in [0.2, 0.25) is 0 Å². The molecular weight excluding hydrogens is 508 g/mol. The molecule has 1 amide bonds. The number of unbranched alkanes of at least 4 members (excludes halogenated alkanes) is 1. The molecule has 0 radical (unpaired) electrons. The number of amides is 1. The molecule has 1 atom stereocenters. The zero-order valence-corrected chi connectivity index (χ0v) is 23.1. The number of piperidine rings is 1. The van der Waals surface area contributed by atoms with Crippen LogP contribution in [-0.2, 0) is 14.3 Å². The first kappa shape index (κ1) is 26.3. The Kier molecular flexibility index (Phi) is 7.99. The Hall–Kier alpha value is -2.27. The Morgan fingerprint density at radius 1 is 1.19 bits per heavy atom. The second kappa shape index (κ2) is 11.2. The maximum Gasteiger partial charge on any atom is 0.267 e. The fourth-order valence-electron chi connectivity index (χ4n) is 5.27. The van der Waals surface area contributed by atoms with Gasteiger partial charge >= 0.3 is 0 Å². The van der Waals surface area contributed by atoms with Gasteiger partial charge in [-0.05, 0) is 30.5 Å². The summed E-state index contributed by atoms with van der Waals surface area (Å²) < 4.78 is 13.9. The average Bonchev–Trinajstić information content (AvgIpc) is 3.47. The van der Waals surface area contributed by atoms with E-state index in [1.54, 1.807) is 23.2 Å². The van der Waals surface area contributed by atoms with Gasteiger partial charge in [0.2, 0.25) is 0 Å². The van der Waals surface area contributed by atoms with Crippen LogP contribution in [0.15, 0.2) is 34.1 Å². The molecule has 5 rings (SSSR count). The first-order chi connectivity index (χ1) is 17.9. The molecular formula is C27H34N4O4S2. The summed E-state index contributed by atoms with van der Waals surface area (Å²) in [6, 6.07) is 5.49. The Balaban J connectivity index is 1.47. The fourth-order valence-corrected chi connectivity index (χ4v) is 6.52. The normalized spacial score (nSPS) is 21.6. The molecule has 0 aromatic carbocycles. The summed E-state index contributed by atoms with van der Waals surface area (Å²) in [6.07, 6.45) is 9.14. The molecule has 1 spiro atoms. The third-order valence-corrected chi connectivity index (χ3v) is 8.90. The van der Waals surface area contributed by atoms with Gasteiger partial charge in [0, 0.05) is 38.7 Å². The van der Waals surface area contributed by atoms with Gasteiger partial charge in [-0.25, -0.2) is 4.98 Å². The Morgan fingerprint density at radius 2 is 1.95 bits per heavy atom. The van der Waals surface area contributed by atoms with Crippen LogP contribution in [0.5, 0.6) is 0 Å². The Bertz CT molecular complexity index is 1260. The molecule has 0 saturated carbocycles. The minimum Gasteiger partial charge on any atom is -0.355 e. The van der Waals surface area contributed by atoms with Crippen LogP contribution in [0.3, 0.4) is 0 Å². The van der Waals surface area contributed by atoms with Crippen LogP contribution in [0.25, 0.3) is 11.7 Å². The number of thiocarbonyl (C=S) groups is 1. The first-order valence-corrected chi connectivity index (χ1v) is 14.5. The van der Waals surface area contributed by atoms with E-state index in [0.717, 1.165) is 25.7 Å². The van der Waals surface area contributed by atoms with Gasteiger partial charge in [0.15, 0.2) is 5.79 Å². The lowest BCUT2D eigenvalue weighted by Crippen LogP contribution is -2.46. The predicted molar refractivity (Wildman–Crippen MR) is 151 cm³/mol. The van der Waals surface area contributed by atoms with Crippen LogP contribution in [-0.4, -0.2) is 63.1 Å². The lowest BCUT2D eigenvalue weighted by Gasteiger charge is -2.38. The van der Waals surface area contributed by atoms with Crippen molar-refractivity contribution in [2.75, 3.05) is 37.7 Å². The number of fused-ring (bicyclic) bond motifs is 1. The van der Waals surface area contributed by atoms with E-state index in [-0.39, 0.29) is 11.5 Å². The molecule has 3 fully saturated rings. The summed E-state index contributed by atoms with van der Waals surface area (Å²) in [5.74, 6) is 0.340. The lowest BCUT2D eigenvalue weighted by molar-refractivity contribution is -0.169. The molecule has 0 N–H and O–H groups in total. The molecule has 2 aromatic rings. The number of aromatic nitrogens is 2.